The van der Waals surface area contributed by atoms with Gasteiger partial charge in [-0.25, -0.2) is 27.9 Å². The lowest BCUT2D eigenvalue weighted by Gasteiger charge is -2.11. The molecule has 5 rings (SSSR count). The van der Waals surface area contributed by atoms with E-state index in [1.54, 1.807) is 12.1 Å². The summed E-state index contributed by atoms with van der Waals surface area (Å²) in [6.45, 7) is 4.60. The number of benzene rings is 3. The van der Waals surface area contributed by atoms with Gasteiger partial charge in [-0.3, -0.25) is 4.57 Å². The average molecular weight is 569 g/mol. The number of imidazole rings is 1. The Kier molecular flexibility index (Phi) is 8.14. The first kappa shape index (κ1) is 28.0. The van der Waals surface area contributed by atoms with Crippen molar-refractivity contribution in [3.8, 4) is 5.69 Å². The fourth-order valence-electron chi connectivity index (χ4n) is 4.73. The Morgan fingerprint density at radius 1 is 0.878 bits per heavy atom. The molecule has 10 heteroatoms. The Morgan fingerprint density at radius 3 is 2.24 bits per heavy atom. The highest BCUT2D eigenvalue weighted by molar-refractivity contribution is 7.90. The number of fused-ring (bicyclic) bond motifs is 1. The quantitative estimate of drug-likeness (QED) is 0.243. The van der Waals surface area contributed by atoms with E-state index in [0.717, 1.165) is 50.6 Å². The van der Waals surface area contributed by atoms with Crippen LogP contribution in [-0.4, -0.2) is 35.5 Å². The number of aryl methyl sites for hydroxylation is 2. The maximum absolute atomic E-state index is 12.5. The van der Waals surface area contributed by atoms with Crippen LogP contribution in [0.15, 0.2) is 89.8 Å². The van der Waals surface area contributed by atoms with Crippen LogP contribution in [0.25, 0.3) is 16.9 Å². The fraction of sp³-hybridized carbons (Fsp3) is 0.194. The fourth-order valence-corrected chi connectivity index (χ4v) is 5.66. The Hall–Kier alpha value is -4.54. The molecule has 0 radical (unpaired) electrons. The Morgan fingerprint density at radius 2 is 1.56 bits per heavy atom. The number of carbonyl (C=O) groups excluding carboxylic acids is 1. The van der Waals surface area contributed by atoms with E-state index < -0.39 is 16.1 Å². The van der Waals surface area contributed by atoms with Gasteiger partial charge in [0.05, 0.1) is 4.90 Å². The largest absolute Gasteiger partial charge is 0.337 e. The maximum atomic E-state index is 12.5. The summed E-state index contributed by atoms with van der Waals surface area (Å²) in [6, 6.07) is 25.6. The van der Waals surface area contributed by atoms with E-state index in [2.05, 4.69) is 28.9 Å². The molecular weight excluding hydrogens is 536 g/mol. The zero-order chi connectivity index (χ0) is 29.0. The molecular formula is C31H32N6O3S. The summed E-state index contributed by atoms with van der Waals surface area (Å²) in [5.74, 6) is 0.900. The van der Waals surface area contributed by atoms with Gasteiger partial charge in [0, 0.05) is 30.9 Å². The standard InChI is InChI=1S/C31H32N6O3S/c1-21-18-22(2)34-30-29(21)35-28(19-24-6-4-3-5-7-24)37(30)26-12-8-23(9-13-26)16-17-33-31(38)36-41(39,40)27-14-10-25(20-32)11-15-27/h3-15,18H,16-17,19-20,32H2,1-2H3,(H2,33,36,38). The summed E-state index contributed by atoms with van der Waals surface area (Å²) in [4.78, 5) is 22.1. The molecule has 0 aliphatic carbocycles. The van der Waals surface area contributed by atoms with E-state index in [4.69, 9.17) is 15.7 Å². The molecule has 0 fully saturated rings. The molecule has 9 nitrogen and oxygen atoms in total. The number of nitrogens with one attached hydrogen (secondary N) is 2. The number of nitrogens with zero attached hydrogens (tertiary/aromatic N) is 3. The zero-order valence-electron chi connectivity index (χ0n) is 23.0. The zero-order valence-corrected chi connectivity index (χ0v) is 23.8. The second kappa shape index (κ2) is 11.9. The highest BCUT2D eigenvalue weighted by atomic mass is 32.2. The Bertz CT molecular complexity index is 1780. The maximum Gasteiger partial charge on any atom is 0.328 e. The predicted molar refractivity (Wildman–Crippen MR) is 159 cm³/mol. The lowest BCUT2D eigenvalue weighted by molar-refractivity contribution is 0.246. The highest BCUT2D eigenvalue weighted by Crippen LogP contribution is 2.25. The summed E-state index contributed by atoms with van der Waals surface area (Å²) < 4.78 is 29.1. The van der Waals surface area contributed by atoms with Gasteiger partial charge < -0.3 is 11.1 Å². The molecule has 2 aromatic heterocycles. The van der Waals surface area contributed by atoms with Gasteiger partial charge in [0.1, 0.15) is 11.3 Å². The smallest absolute Gasteiger partial charge is 0.328 e. The summed E-state index contributed by atoms with van der Waals surface area (Å²) >= 11 is 0. The molecule has 0 spiro atoms. The molecule has 0 unspecified atom stereocenters. The third kappa shape index (κ3) is 6.45. The minimum absolute atomic E-state index is 0.000949. The molecule has 41 heavy (non-hydrogen) atoms. The van der Waals surface area contributed by atoms with Crippen LogP contribution in [0.3, 0.4) is 0 Å². The first-order valence-electron chi connectivity index (χ1n) is 13.3. The minimum atomic E-state index is -3.98. The Labute approximate surface area is 239 Å². The highest BCUT2D eigenvalue weighted by Gasteiger charge is 2.18. The van der Waals surface area contributed by atoms with Crippen molar-refractivity contribution in [3.05, 3.63) is 119 Å². The average Bonchev–Trinajstić information content (AvgIpc) is 3.31. The molecule has 0 aliphatic heterocycles. The second-order valence-corrected chi connectivity index (χ2v) is 11.6. The number of pyridine rings is 1. The van der Waals surface area contributed by atoms with Crippen molar-refractivity contribution >= 4 is 27.2 Å². The lowest BCUT2D eigenvalue weighted by atomic mass is 10.1. The molecule has 0 bridgehead atoms. The monoisotopic (exact) mass is 568 g/mol. The number of hydrogen-bond acceptors (Lipinski definition) is 6. The van der Waals surface area contributed by atoms with Crippen LogP contribution in [0, 0.1) is 13.8 Å². The van der Waals surface area contributed by atoms with E-state index in [-0.39, 0.29) is 11.4 Å². The van der Waals surface area contributed by atoms with Gasteiger partial charge in [-0.05, 0) is 72.9 Å². The normalized spacial score (nSPS) is 11.5. The van der Waals surface area contributed by atoms with Crippen molar-refractivity contribution in [2.75, 3.05) is 6.54 Å². The van der Waals surface area contributed by atoms with Gasteiger partial charge in [-0.2, -0.15) is 0 Å². The van der Waals surface area contributed by atoms with Crippen molar-refractivity contribution in [2.24, 2.45) is 5.73 Å². The molecule has 0 atom stereocenters. The van der Waals surface area contributed by atoms with Crippen LogP contribution < -0.4 is 15.8 Å². The minimum Gasteiger partial charge on any atom is -0.337 e. The van der Waals surface area contributed by atoms with Crippen LogP contribution >= 0.6 is 0 Å². The summed E-state index contributed by atoms with van der Waals surface area (Å²) in [6.07, 6.45) is 1.19. The predicted octanol–water partition coefficient (Wildman–Crippen LogP) is 4.32. The molecule has 0 aliphatic rings. The van der Waals surface area contributed by atoms with Crippen molar-refractivity contribution in [1.29, 1.82) is 0 Å². The number of urea groups is 1. The van der Waals surface area contributed by atoms with Crippen LogP contribution in [0.1, 0.15) is 33.8 Å². The number of amides is 2. The third-order valence-corrected chi connectivity index (χ3v) is 8.15. The van der Waals surface area contributed by atoms with Gasteiger partial charge in [0.15, 0.2) is 5.65 Å². The van der Waals surface area contributed by atoms with Gasteiger partial charge in [0.2, 0.25) is 0 Å². The molecule has 5 aromatic rings. The SMILES string of the molecule is Cc1cc(C)c2nc(Cc3ccccc3)n(-c3ccc(CCNC(=O)NS(=O)(=O)c4ccc(CN)cc4)cc3)c2n1. The number of nitrogens with two attached hydrogens (primary N) is 1. The number of aromatic nitrogens is 3. The molecule has 0 saturated carbocycles. The molecule has 3 aromatic carbocycles. The van der Waals surface area contributed by atoms with E-state index in [1.165, 1.54) is 12.1 Å². The second-order valence-electron chi connectivity index (χ2n) is 9.90. The van der Waals surface area contributed by atoms with E-state index in [9.17, 15) is 13.2 Å². The van der Waals surface area contributed by atoms with Gasteiger partial charge >= 0.3 is 6.03 Å². The summed E-state index contributed by atoms with van der Waals surface area (Å²) in [5.41, 5.74) is 13.2. The first-order valence-corrected chi connectivity index (χ1v) is 14.8. The van der Waals surface area contributed by atoms with E-state index >= 15 is 0 Å². The van der Waals surface area contributed by atoms with E-state index in [1.807, 2.05) is 60.2 Å². The topological polar surface area (TPSA) is 132 Å². The molecule has 0 saturated heterocycles. The molecule has 2 heterocycles. The van der Waals surface area contributed by atoms with Crippen LogP contribution in [0.5, 0.6) is 0 Å². The van der Waals surface area contributed by atoms with Crippen molar-refractivity contribution in [3.63, 3.8) is 0 Å². The summed E-state index contributed by atoms with van der Waals surface area (Å²) in [5, 5.41) is 2.62. The van der Waals surface area contributed by atoms with Gasteiger partial charge in [-0.15, -0.1) is 0 Å². The molecule has 210 valence electrons. The number of sulfonamides is 1. The van der Waals surface area contributed by atoms with E-state index in [0.29, 0.717) is 19.4 Å². The van der Waals surface area contributed by atoms with Gasteiger partial charge in [0.25, 0.3) is 10.0 Å². The summed E-state index contributed by atoms with van der Waals surface area (Å²) in [7, 11) is -3.98. The van der Waals surface area contributed by atoms with Crippen molar-refractivity contribution in [2.45, 2.75) is 38.1 Å². The number of rotatable bonds is 9. The first-order chi connectivity index (χ1) is 19.7. The van der Waals surface area contributed by atoms with Crippen LogP contribution in [-0.2, 0) is 29.4 Å². The number of carbonyl (C=O) groups is 1. The van der Waals surface area contributed by atoms with Crippen LogP contribution in [0.2, 0.25) is 0 Å². The van der Waals surface area contributed by atoms with Crippen molar-refractivity contribution < 1.29 is 13.2 Å². The Balaban J connectivity index is 1.28. The third-order valence-electron chi connectivity index (χ3n) is 6.80. The van der Waals surface area contributed by atoms with Gasteiger partial charge in [-0.1, -0.05) is 54.6 Å². The molecule has 4 N–H and O–H groups in total. The molecule has 2 amide bonds. The van der Waals surface area contributed by atoms with Crippen LogP contribution in [0.4, 0.5) is 4.79 Å². The lowest BCUT2D eigenvalue weighted by Crippen LogP contribution is -2.40. The number of hydrogen-bond donors (Lipinski definition) is 3. The van der Waals surface area contributed by atoms with Crippen molar-refractivity contribution in [1.82, 2.24) is 24.6 Å².